The van der Waals surface area contributed by atoms with Crippen molar-refractivity contribution < 1.29 is 9.47 Å². The van der Waals surface area contributed by atoms with E-state index >= 15 is 0 Å². The summed E-state index contributed by atoms with van der Waals surface area (Å²) in [6.07, 6.45) is 0.384. The molecule has 0 unspecified atom stereocenters. The van der Waals surface area contributed by atoms with Gasteiger partial charge in [0.05, 0.1) is 31.3 Å². The Balaban J connectivity index is 2.06. The molecule has 0 aliphatic rings. The number of aromatic nitrogens is 4. The van der Waals surface area contributed by atoms with E-state index in [1.54, 1.807) is 38.5 Å². The van der Waals surface area contributed by atoms with Gasteiger partial charge in [0.1, 0.15) is 17.1 Å². The smallest absolute Gasteiger partial charge is 0.213 e. The molecule has 162 valence electrons. The van der Waals surface area contributed by atoms with E-state index in [0.717, 1.165) is 5.69 Å². The molecule has 0 radical (unpaired) electrons. The molecule has 4 N–H and O–H groups in total. The largest absolute Gasteiger partial charge is 0.481 e. The lowest BCUT2D eigenvalue weighted by atomic mass is 9.73. The van der Waals surface area contributed by atoms with Gasteiger partial charge in [-0.3, -0.25) is 0 Å². The first-order valence-corrected chi connectivity index (χ1v) is 10.0. The second-order valence-electron chi connectivity index (χ2n) is 7.21. The lowest BCUT2D eigenvalue weighted by Crippen LogP contribution is -2.36. The highest BCUT2D eigenvalue weighted by Crippen LogP contribution is 2.40. The van der Waals surface area contributed by atoms with Crippen molar-refractivity contribution in [3.05, 3.63) is 95.6 Å². The SMILES string of the molecule is COc1cccc(C(Cc2cccc(N)n2)(c2cccc(N)n2)c2cccc(OC)n2)n1. The molecule has 0 bridgehead atoms. The summed E-state index contributed by atoms with van der Waals surface area (Å²) < 4.78 is 10.8. The normalized spacial score (nSPS) is 11.2. The molecule has 0 fully saturated rings. The van der Waals surface area contributed by atoms with Crippen LogP contribution >= 0.6 is 0 Å². The number of pyridine rings is 4. The second kappa shape index (κ2) is 8.89. The summed E-state index contributed by atoms with van der Waals surface area (Å²) >= 11 is 0. The Bertz CT molecular complexity index is 1180. The fraction of sp³-hybridized carbons (Fsp3) is 0.167. The van der Waals surface area contributed by atoms with Crippen molar-refractivity contribution in [1.82, 2.24) is 19.9 Å². The number of ether oxygens (including phenoxy) is 2. The van der Waals surface area contributed by atoms with E-state index in [2.05, 4.69) is 9.97 Å². The summed E-state index contributed by atoms with van der Waals surface area (Å²) in [7, 11) is 3.16. The first-order valence-electron chi connectivity index (χ1n) is 10.0. The minimum Gasteiger partial charge on any atom is -0.481 e. The van der Waals surface area contributed by atoms with Crippen molar-refractivity contribution in [2.45, 2.75) is 11.8 Å². The van der Waals surface area contributed by atoms with Crippen molar-refractivity contribution in [1.29, 1.82) is 0 Å². The van der Waals surface area contributed by atoms with Gasteiger partial charge in [0.15, 0.2) is 0 Å². The van der Waals surface area contributed by atoms with Crippen molar-refractivity contribution in [2.75, 3.05) is 25.7 Å². The van der Waals surface area contributed by atoms with Crippen LogP contribution in [0.1, 0.15) is 22.8 Å². The van der Waals surface area contributed by atoms with E-state index in [1.807, 2.05) is 48.5 Å². The molecule has 4 aromatic rings. The second-order valence-corrected chi connectivity index (χ2v) is 7.21. The van der Waals surface area contributed by atoms with Gasteiger partial charge >= 0.3 is 0 Å². The Kier molecular flexibility index (Phi) is 5.85. The van der Waals surface area contributed by atoms with E-state index in [4.69, 9.17) is 30.9 Å². The Hall–Kier alpha value is -4.20. The van der Waals surface area contributed by atoms with Crippen molar-refractivity contribution in [3.8, 4) is 11.8 Å². The summed E-state index contributed by atoms with van der Waals surface area (Å²) in [5.41, 5.74) is 13.9. The number of hydrogen-bond acceptors (Lipinski definition) is 8. The average Bonchev–Trinajstić information content (AvgIpc) is 2.82. The van der Waals surface area contributed by atoms with Crippen LogP contribution in [0.4, 0.5) is 11.6 Å². The molecule has 0 spiro atoms. The van der Waals surface area contributed by atoms with Crippen LogP contribution in [0, 0.1) is 0 Å². The topological polar surface area (TPSA) is 122 Å². The van der Waals surface area contributed by atoms with Crippen LogP contribution in [0.3, 0.4) is 0 Å². The van der Waals surface area contributed by atoms with Crippen LogP contribution in [-0.4, -0.2) is 34.2 Å². The average molecular weight is 428 g/mol. The zero-order chi connectivity index (χ0) is 22.6. The predicted octanol–water partition coefficient (Wildman–Crippen LogP) is 3.03. The van der Waals surface area contributed by atoms with Crippen LogP contribution in [-0.2, 0) is 11.8 Å². The molecule has 0 saturated carbocycles. The summed E-state index contributed by atoms with van der Waals surface area (Å²) in [6.45, 7) is 0. The molecule has 0 atom stereocenters. The predicted molar refractivity (Wildman–Crippen MR) is 122 cm³/mol. The Morgan fingerprint density at radius 3 is 1.59 bits per heavy atom. The third kappa shape index (κ3) is 4.02. The van der Waals surface area contributed by atoms with E-state index in [1.165, 1.54) is 0 Å². The first-order chi connectivity index (χ1) is 15.5. The molecule has 8 heteroatoms. The highest BCUT2D eigenvalue weighted by atomic mass is 16.5. The third-order valence-corrected chi connectivity index (χ3v) is 5.22. The molecule has 0 aromatic carbocycles. The van der Waals surface area contributed by atoms with Gasteiger partial charge in [-0.15, -0.1) is 0 Å². The Labute approximate surface area is 186 Å². The molecule has 0 aliphatic heterocycles. The summed E-state index contributed by atoms with van der Waals surface area (Å²) in [5.74, 6) is 1.76. The molecule has 4 aromatic heterocycles. The number of rotatable bonds is 7. The van der Waals surface area contributed by atoms with Crippen molar-refractivity contribution in [3.63, 3.8) is 0 Å². The molecule has 8 nitrogen and oxygen atoms in total. The van der Waals surface area contributed by atoms with Gasteiger partial charge in [-0.2, -0.15) is 0 Å². The molecule has 32 heavy (non-hydrogen) atoms. The zero-order valence-electron chi connectivity index (χ0n) is 17.9. The number of anilines is 2. The number of hydrogen-bond donors (Lipinski definition) is 2. The summed E-state index contributed by atoms with van der Waals surface area (Å²) in [6, 6.07) is 22.2. The highest BCUT2D eigenvalue weighted by molar-refractivity contribution is 5.48. The number of nitrogens with zero attached hydrogens (tertiary/aromatic N) is 4. The summed E-state index contributed by atoms with van der Waals surface area (Å²) in [5, 5.41) is 0. The molecular weight excluding hydrogens is 404 g/mol. The van der Waals surface area contributed by atoms with Gasteiger partial charge in [-0.1, -0.05) is 24.3 Å². The maximum absolute atomic E-state index is 6.10. The van der Waals surface area contributed by atoms with Gasteiger partial charge in [-0.05, 0) is 36.4 Å². The maximum atomic E-state index is 6.10. The number of nitrogen functional groups attached to an aromatic ring is 2. The minimum absolute atomic E-state index is 0.384. The molecule has 0 amide bonds. The third-order valence-electron chi connectivity index (χ3n) is 5.22. The van der Waals surface area contributed by atoms with Gasteiger partial charge in [0.2, 0.25) is 11.8 Å². The Morgan fingerprint density at radius 2 is 1.09 bits per heavy atom. The first kappa shape index (κ1) is 21.0. The van der Waals surface area contributed by atoms with Gasteiger partial charge in [0, 0.05) is 24.2 Å². The fourth-order valence-corrected chi connectivity index (χ4v) is 3.76. The molecule has 0 saturated heterocycles. The lowest BCUT2D eigenvalue weighted by molar-refractivity contribution is 0.387. The van der Waals surface area contributed by atoms with Crippen LogP contribution in [0.15, 0.2) is 72.8 Å². The quantitative estimate of drug-likeness (QED) is 0.461. The lowest BCUT2D eigenvalue weighted by Gasteiger charge is -2.33. The van der Waals surface area contributed by atoms with Gasteiger partial charge in [0.25, 0.3) is 0 Å². The van der Waals surface area contributed by atoms with Crippen LogP contribution < -0.4 is 20.9 Å². The van der Waals surface area contributed by atoms with Crippen LogP contribution in [0.5, 0.6) is 11.8 Å². The molecule has 4 rings (SSSR count). The van der Waals surface area contributed by atoms with Crippen molar-refractivity contribution in [2.24, 2.45) is 0 Å². The van der Waals surface area contributed by atoms with Gasteiger partial charge < -0.3 is 20.9 Å². The minimum atomic E-state index is -0.945. The van der Waals surface area contributed by atoms with E-state index in [0.29, 0.717) is 46.9 Å². The van der Waals surface area contributed by atoms with Gasteiger partial charge in [-0.25, -0.2) is 19.9 Å². The van der Waals surface area contributed by atoms with Crippen LogP contribution in [0.25, 0.3) is 0 Å². The monoisotopic (exact) mass is 428 g/mol. The molecule has 4 heterocycles. The number of nitrogens with two attached hydrogens (primary N) is 2. The maximum Gasteiger partial charge on any atom is 0.213 e. The van der Waals surface area contributed by atoms with Crippen LogP contribution in [0.2, 0.25) is 0 Å². The Morgan fingerprint density at radius 1 is 0.625 bits per heavy atom. The zero-order valence-corrected chi connectivity index (χ0v) is 17.9. The molecular formula is C24H24N6O2. The fourth-order valence-electron chi connectivity index (χ4n) is 3.76. The van der Waals surface area contributed by atoms with Crippen molar-refractivity contribution >= 4 is 11.6 Å². The highest BCUT2D eigenvalue weighted by Gasteiger charge is 2.42. The van der Waals surface area contributed by atoms with E-state index in [-0.39, 0.29) is 0 Å². The number of methoxy groups -OCH3 is 2. The summed E-state index contributed by atoms with van der Waals surface area (Å²) in [4.78, 5) is 18.8. The van der Waals surface area contributed by atoms with E-state index < -0.39 is 5.41 Å². The standard InChI is InChI=1S/C24H24N6O2/c1-31-22-13-5-9-18(29-22)24(17-8-4-12-21(26)28-17,15-16-7-3-11-20(25)27-16)19-10-6-14-23(30-19)32-2/h3-14H,15H2,1-2H3,(H2,25,27)(H2,26,28). The molecule has 0 aliphatic carbocycles. The van der Waals surface area contributed by atoms with E-state index in [9.17, 15) is 0 Å².